The molecule has 1 N–H and O–H groups in total. The van der Waals surface area contributed by atoms with Crippen molar-refractivity contribution in [3.63, 3.8) is 0 Å². The van der Waals surface area contributed by atoms with Gasteiger partial charge in [-0.15, -0.1) is 0 Å². The molecule has 30 heavy (non-hydrogen) atoms. The standard InChI is InChI=1S/C20H36IN3O5Si/c1-10-27-17(25)16-15(21)12-23-24(16)14(11-22-18(26)29-19(2,3)4)13-28-30(8,9)20(5,6)7/h12,14H,10-11,13H2,1-9H3,(H,22,26)/t14-/m1/s1. The van der Waals surface area contributed by atoms with Crippen LogP contribution in [0, 0.1) is 3.57 Å². The molecule has 0 fully saturated rings. The number of carbonyl (C=O) groups is 2. The molecule has 0 bridgehead atoms. The summed E-state index contributed by atoms with van der Waals surface area (Å²) in [5, 5.41) is 7.19. The van der Waals surface area contributed by atoms with Crippen molar-refractivity contribution >= 4 is 43.0 Å². The van der Waals surface area contributed by atoms with Gasteiger partial charge in [0.2, 0.25) is 0 Å². The number of aromatic nitrogens is 2. The third-order valence-corrected chi connectivity index (χ3v) is 10.2. The number of nitrogens with zero attached hydrogens (tertiary/aromatic N) is 2. The van der Waals surface area contributed by atoms with Gasteiger partial charge in [-0.3, -0.25) is 0 Å². The molecule has 0 saturated heterocycles. The lowest BCUT2D eigenvalue weighted by molar-refractivity contribution is 0.0499. The maximum absolute atomic E-state index is 12.5. The summed E-state index contributed by atoms with van der Waals surface area (Å²) >= 11 is 2.06. The SMILES string of the molecule is CCOC(=O)c1c(I)cnn1[C@H](CNC(=O)OC(C)(C)C)CO[Si](C)(C)C(C)(C)C. The third-order valence-electron chi connectivity index (χ3n) is 4.89. The Morgan fingerprint density at radius 1 is 1.23 bits per heavy atom. The van der Waals surface area contributed by atoms with Gasteiger partial charge in [0, 0.05) is 6.54 Å². The van der Waals surface area contributed by atoms with E-state index in [9.17, 15) is 9.59 Å². The van der Waals surface area contributed by atoms with Gasteiger partial charge in [-0.25, -0.2) is 14.3 Å². The second-order valence-electron chi connectivity index (χ2n) is 9.61. The van der Waals surface area contributed by atoms with Crippen molar-refractivity contribution in [2.75, 3.05) is 19.8 Å². The van der Waals surface area contributed by atoms with Crippen molar-refractivity contribution in [1.82, 2.24) is 15.1 Å². The van der Waals surface area contributed by atoms with Gasteiger partial charge >= 0.3 is 12.1 Å². The quantitative estimate of drug-likeness (QED) is 0.284. The van der Waals surface area contributed by atoms with Crippen LogP contribution in [0.1, 0.15) is 65.0 Å². The molecule has 0 aliphatic heterocycles. The summed E-state index contributed by atoms with van der Waals surface area (Å²) in [5.41, 5.74) is -0.249. The minimum atomic E-state index is -2.05. The van der Waals surface area contributed by atoms with Crippen molar-refractivity contribution in [1.29, 1.82) is 0 Å². The lowest BCUT2D eigenvalue weighted by Crippen LogP contribution is -2.44. The summed E-state index contributed by atoms with van der Waals surface area (Å²) in [6, 6.07) is -0.394. The highest BCUT2D eigenvalue weighted by Crippen LogP contribution is 2.37. The van der Waals surface area contributed by atoms with Crippen molar-refractivity contribution in [3.05, 3.63) is 15.5 Å². The van der Waals surface area contributed by atoms with E-state index in [-0.39, 0.29) is 18.2 Å². The number of nitrogens with one attached hydrogen (secondary N) is 1. The second kappa shape index (κ2) is 10.4. The zero-order chi connectivity index (χ0) is 23.3. The van der Waals surface area contributed by atoms with E-state index in [1.807, 2.05) is 0 Å². The Bertz CT molecular complexity index is 738. The first-order chi connectivity index (χ1) is 13.6. The summed E-state index contributed by atoms with van der Waals surface area (Å²) in [4.78, 5) is 24.7. The Balaban J connectivity index is 3.13. The van der Waals surface area contributed by atoms with E-state index in [1.165, 1.54) is 0 Å². The van der Waals surface area contributed by atoms with Gasteiger partial charge in [-0.1, -0.05) is 20.8 Å². The van der Waals surface area contributed by atoms with E-state index < -0.39 is 32.0 Å². The summed E-state index contributed by atoms with van der Waals surface area (Å²) in [6.07, 6.45) is 1.08. The number of hydrogen-bond donors (Lipinski definition) is 1. The topological polar surface area (TPSA) is 91.7 Å². The first-order valence-corrected chi connectivity index (χ1v) is 14.1. The molecule has 0 radical (unpaired) electrons. The van der Waals surface area contributed by atoms with Crippen molar-refractivity contribution in [3.8, 4) is 0 Å². The van der Waals surface area contributed by atoms with Crippen LogP contribution >= 0.6 is 22.6 Å². The molecule has 1 amide bonds. The Hall–Kier alpha value is -1.14. The van der Waals surface area contributed by atoms with Gasteiger partial charge < -0.3 is 19.2 Å². The second-order valence-corrected chi connectivity index (χ2v) is 15.6. The maximum Gasteiger partial charge on any atom is 0.407 e. The highest BCUT2D eigenvalue weighted by molar-refractivity contribution is 14.1. The zero-order valence-corrected chi connectivity index (χ0v) is 22.7. The monoisotopic (exact) mass is 553 g/mol. The Morgan fingerprint density at radius 3 is 2.33 bits per heavy atom. The smallest absolute Gasteiger partial charge is 0.407 e. The van der Waals surface area contributed by atoms with Crippen LogP contribution in [-0.4, -0.2) is 55.5 Å². The first kappa shape index (κ1) is 26.9. The van der Waals surface area contributed by atoms with E-state index in [2.05, 4.69) is 66.9 Å². The molecular formula is C20H36IN3O5Si. The molecule has 1 aromatic rings. The molecule has 0 saturated carbocycles. The summed E-state index contributed by atoms with van der Waals surface area (Å²) in [6.45, 7) is 18.7. The average molecular weight is 554 g/mol. The molecule has 0 aliphatic rings. The van der Waals surface area contributed by atoms with E-state index in [4.69, 9.17) is 13.9 Å². The average Bonchev–Trinajstić information content (AvgIpc) is 2.94. The van der Waals surface area contributed by atoms with Gasteiger partial charge in [-0.05, 0) is 68.4 Å². The minimum Gasteiger partial charge on any atom is -0.461 e. The molecule has 1 rings (SSSR count). The Labute approximate surface area is 194 Å². The molecule has 10 heteroatoms. The van der Waals surface area contributed by atoms with Crippen LogP contribution < -0.4 is 5.32 Å². The Kier molecular flexibility index (Phi) is 9.36. The first-order valence-electron chi connectivity index (χ1n) is 10.1. The molecule has 1 aromatic heterocycles. The van der Waals surface area contributed by atoms with Gasteiger partial charge in [0.25, 0.3) is 0 Å². The van der Waals surface area contributed by atoms with Gasteiger partial charge in [0.15, 0.2) is 14.0 Å². The van der Waals surface area contributed by atoms with Gasteiger partial charge in [0.05, 0.1) is 29.0 Å². The molecule has 1 heterocycles. The summed E-state index contributed by atoms with van der Waals surface area (Å²) < 4.78 is 19.2. The predicted octanol–water partition coefficient (Wildman–Crippen LogP) is 4.75. The molecule has 0 spiro atoms. The fourth-order valence-electron chi connectivity index (χ4n) is 2.26. The lowest BCUT2D eigenvalue weighted by atomic mass is 10.2. The number of rotatable bonds is 8. The summed E-state index contributed by atoms with van der Waals surface area (Å²) in [7, 11) is -2.05. The van der Waals surface area contributed by atoms with Crippen LogP contribution in [0.4, 0.5) is 4.79 Å². The van der Waals surface area contributed by atoms with Crippen LogP contribution in [0.25, 0.3) is 0 Å². The van der Waals surface area contributed by atoms with Crippen LogP contribution in [0.15, 0.2) is 6.20 Å². The summed E-state index contributed by atoms with van der Waals surface area (Å²) in [5.74, 6) is -0.450. The number of esters is 1. The molecule has 0 aliphatic carbocycles. The van der Waals surface area contributed by atoms with Crippen LogP contribution in [0.5, 0.6) is 0 Å². The lowest BCUT2D eigenvalue weighted by Gasteiger charge is -2.37. The van der Waals surface area contributed by atoms with Crippen molar-refractivity contribution in [2.24, 2.45) is 0 Å². The van der Waals surface area contributed by atoms with Gasteiger partial charge in [-0.2, -0.15) is 5.10 Å². The molecule has 8 nitrogen and oxygen atoms in total. The van der Waals surface area contributed by atoms with E-state index in [1.54, 1.807) is 38.6 Å². The number of alkyl carbamates (subject to hydrolysis) is 1. The van der Waals surface area contributed by atoms with Gasteiger partial charge in [0.1, 0.15) is 5.60 Å². The minimum absolute atomic E-state index is 0.0264. The zero-order valence-electron chi connectivity index (χ0n) is 19.6. The fourth-order valence-corrected chi connectivity index (χ4v) is 3.89. The maximum atomic E-state index is 12.5. The van der Waals surface area contributed by atoms with Crippen molar-refractivity contribution in [2.45, 2.75) is 78.2 Å². The molecular weight excluding hydrogens is 517 g/mol. The number of halogens is 1. The highest BCUT2D eigenvalue weighted by atomic mass is 127. The van der Waals surface area contributed by atoms with E-state index in [0.717, 1.165) is 0 Å². The van der Waals surface area contributed by atoms with Crippen LogP contribution in [0.3, 0.4) is 0 Å². The number of carbonyl (C=O) groups excluding carboxylic acids is 2. The van der Waals surface area contributed by atoms with Crippen molar-refractivity contribution < 1.29 is 23.5 Å². The fraction of sp³-hybridized carbons (Fsp3) is 0.750. The van der Waals surface area contributed by atoms with Crippen LogP contribution in [0.2, 0.25) is 18.1 Å². The predicted molar refractivity (Wildman–Crippen MR) is 127 cm³/mol. The highest BCUT2D eigenvalue weighted by Gasteiger charge is 2.38. The molecule has 0 unspecified atom stereocenters. The number of hydrogen-bond acceptors (Lipinski definition) is 6. The molecule has 0 aromatic carbocycles. The molecule has 172 valence electrons. The largest absolute Gasteiger partial charge is 0.461 e. The normalized spacial score (nSPS) is 13.7. The third kappa shape index (κ3) is 7.84. The number of ether oxygens (including phenoxy) is 2. The van der Waals surface area contributed by atoms with Crippen LogP contribution in [-0.2, 0) is 13.9 Å². The number of amides is 1. The Morgan fingerprint density at radius 2 is 1.83 bits per heavy atom. The van der Waals surface area contributed by atoms with E-state index >= 15 is 0 Å². The molecule has 1 atom stereocenters. The van der Waals surface area contributed by atoms with E-state index in [0.29, 0.717) is 15.9 Å².